The van der Waals surface area contributed by atoms with E-state index in [-0.39, 0.29) is 19.1 Å². The molecule has 3 rings (SSSR count). The summed E-state index contributed by atoms with van der Waals surface area (Å²) in [5.74, 6) is -5.29. The summed E-state index contributed by atoms with van der Waals surface area (Å²) in [5, 5.41) is 5.01. The van der Waals surface area contributed by atoms with E-state index in [2.05, 4.69) is 10.6 Å². The summed E-state index contributed by atoms with van der Waals surface area (Å²) in [7, 11) is 0. The molecule has 2 aromatic rings. The minimum Gasteiger partial charge on any atom is -0.482 e. The molecule has 0 saturated carbocycles. The van der Waals surface area contributed by atoms with E-state index >= 15 is 0 Å². The molecular formula is C16H11F3N2O3. The van der Waals surface area contributed by atoms with Gasteiger partial charge >= 0.3 is 0 Å². The molecule has 0 aliphatic carbocycles. The van der Waals surface area contributed by atoms with E-state index in [0.29, 0.717) is 23.1 Å². The molecule has 0 atom stereocenters. The average molecular weight is 336 g/mol. The molecule has 124 valence electrons. The minimum absolute atomic E-state index is 0.000416. The maximum absolute atomic E-state index is 13.6. The molecule has 0 aromatic heterocycles. The highest BCUT2D eigenvalue weighted by molar-refractivity contribution is 5.96. The molecule has 2 aromatic carbocycles. The molecule has 1 heterocycles. The Hall–Kier alpha value is -3.03. The Kier molecular flexibility index (Phi) is 4.11. The molecule has 2 amide bonds. The van der Waals surface area contributed by atoms with Gasteiger partial charge in [0.05, 0.1) is 11.3 Å². The first-order valence-electron chi connectivity index (χ1n) is 6.93. The summed E-state index contributed by atoms with van der Waals surface area (Å²) in [5.41, 5.74) is 0.469. The van der Waals surface area contributed by atoms with Crippen molar-refractivity contribution in [2.75, 3.05) is 11.9 Å². The second-order valence-corrected chi connectivity index (χ2v) is 5.07. The Labute approximate surface area is 134 Å². The zero-order valence-corrected chi connectivity index (χ0v) is 12.2. The van der Waals surface area contributed by atoms with Gasteiger partial charge in [-0.25, -0.2) is 13.2 Å². The van der Waals surface area contributed by atoms with Gasteiger partial charge in [-0.05, 0) is 29.8 Å². The van der Waals surface area contributed by atoms with Crippen LogP contribution in [0.2, 0.25) is 0 Å². The second-order valence-electron chi connectivity index (χ2n) is 5.07. The van der Waals surface area contributed by atoms with Crippen molar-refractivity contribution in [1.29, 1.82) is 0 Å². The number of amides is 2. The number of hydrogen-bond acceptors (Lipinski definition) is 3. The molecule has 5 nitrogen and oxygen atoms in total. The highest BCUT2D eigenvalue weighted by Gasteiger charge is 2.19. The third-order valence-electron chi connectivity index (χ3n) is 3.41. The summed E-state index contributed by atoms with van der Waals surface area (Å²) in [4.78, 5) is 23.2. The maximum atomic E-state index is 13.6. The quantitative estimate of drug-likeness (QED) is 0.846. The van der Waals surface area contributed by atoms with E-state index in [1.165, 1.54) is 0 Å². The van der Waals surface area contributed by atoms with Gasteiger partial charge in [-0.15, -0.1) is 0 Å². The van der Waals surface area contributed by atoms with Crippen molar-refractivity contribution < 1.29 is 27.5 Å². The number of rotatable bonds is 3. The molecule has 8 heteroatoms. The number of nitrogens with one attached hydrogen (secondary N) is 2. The first-order valence-corrected chi connectivity index (χ1v) is 6.93. The predicted octanol–water partition coefficient (Wildman–Crippen LogP) is 2.36. The molecule has 0 fully saturated rings. The van der Waals surface area contributed by atoms with Gasteiger partial charge in [0, 0.05) is 6.54 Å². The number of halogens is 3. The normalized spacial score (nSPS) is 12.9. The van der Waals surface area contributed by atoms with Crippen LogP contribution in [0.1, 0.15) is 15.9 Å². The van der Waals surface area contributed by atoms with Crippen LogP contribution in [0.25, 0.3) is 0 Å². The van der Waals surface area contributed by atoms with Crippen molar-refractivity contribution >= 4 is 17.5 Å². The van der Waals surface area contributed by atoms with E-state index in [0.717, 1.165) is 6.07 Å². The Morgan fingerprint density at radius 3 is 2.75 bits per heavy atom. The molecule has 2 N–H and O–H groups in total. The monoisotopic (exact) mass is 336 g/mol. The number of anilines is 1. The summed E-state index contributed by atoms with van der Waals surface area (Å²) < 4.78 is 44.8. The number of carbonyl (C=O) groups excluding carboxylic acids is 2. The first kappa shape index (κ1) is 15.9. The van der Waals surface area contributed by atoms with Gasteiger partial charge in [0.2, 0.25) is 0 Å². The number of ether oxygens (including phenoxy) is 1. The third-order valence-corrected chi connectivity index (χ3v) is 3.41. The number of benzene rings is 2. The van der Waals surface area contributed by atoms with Crippen molar-refractivity contribution in [2.45, 2.75) is 6.54 Å². The highest BCUT2D eigenvalue weighted by atomic mass is 19.2. The topological polar surface area (TPSA) is 67.4 Å². The van der Waals surface area contributed by atoms with Crippen LogP contribution < -0.4 is 15.4 Å². The van der Waals surface area contributed by atoms with Crippen LogP contribution in [-0.2, 0) is 11.3 Å². The van der Waals surface area contributed by atoms with E-state index in [1.54, 1.807) is 18.2 Å². The van der Waals surface area contributed by atoms with Crippen molar-refractivity contribution in [3.8, 4) is 5.75 Å². The Bertz CT molecular complexity index is 840. The van der Waals surface area contributed by atoms with Crippen LogP contribution in [0.5, 0.6) is 5.75 Å². The number of carbonyl (C=O) groups is 2. The van der Waals surface area contributed by atoms with E-state index in [4.69, 9.17) is 4.74 Å². The summed E-state index contributed by atoms with van der Waals surface area (Å²) >= 11 is 0. The lowest BCUT2D eigenvalue weighted by Crippen LogP contribution is -2.26. The van der Waals surface area contributed by atoms with Crippen molar-refractivity contribution in [3.63, 3.8) is 0 Å². The van der Waals surface area contributed by atoms with Crippen LogP contribution in [-0.4, -0.2) is 18.4 Å². The standard InChI is InChI=1S/C16H11F3N2O3/c17-10-3-2-9(14(18)15(10)19)16(23)20-6-8-1-4-12-11(5-8)21-13(22)7-24-12/h1-5H,6-7H2,(H,20,23)(H,21,22). The first-order chi connectivity index (χ1) is 11.5. The van der Waals surface area contributed by atoms with Crippen LogP contribution in [0.15, 0.2) is 30.3 Å². The largest absolute Gasteiger partial charge is 0.482 e. The summed E-state index contributed by atoms with van der Waals surface area (Å²) in [6.45, 7) is -0.0705. The van der Waals surface area contributed by atoms with Gasteiger partial charge in [-0.1, -0.05) is 6.07 Å². The molecule has 1 aliphatic heterocycles. The molecule has 0 spiro atoms. The predicted molar refractivity (Wildman–Crippen MR) is 78.1 cm³/mol. The number of hydrogen-bond donors (Lipinski definition) is 2. The SMILES string of the molecule is O=C1COc2ccc(CNC(=O)c3ccc(F)c(F)c3F)cc2N1. The third kappa shape index (κ3) is 3.03. The fraction of sp³-hybridized carbons (Fsp3) is 0.125. The minimum atomic E-state index is -1.70. The maximum Gasteiger partial charge on any atom is 0.262 e. The van der Waals surface area contributed by atoms with Crippen LogP contribution >= 0.6 is 0 Å². The lowest BCUT2D eigenvalue weighted by molar-refractivity contribution is -0.118. The Morgan fingerprint density at radius 1 is 1.17 bits per heavy atom. The molecular weight excluding hydrogens is 325 g/mol. The molecule has 0 radical (unpaired) electrons. The van der Waals surface area contributed by atoms with E-state index in [1.807, 2.05) is 0 Å². The van der Waals surface area contributed by atoms with Crippen molar-refractivity contribution in [1.82, 2.24) is 5.32 Å². The summed E-state index contributed by atoms with van der Waals surface area (Å²) in [6, 6.07) is 6.41. The average Bonchev–Trinajstić information content (AvgIpc) is 2.57. The van der Waals surface area contributed by atoms with Crippen molar-refractivity contribution in [3.05, 3.63) is 58.9 Å². The van der Waals surface area contributed by atoms with Gasteiger partial charge in [0.15, 0.2) is 24.1 Å². The zero-order chi connectivity index (χ0) is 17.3. The molecule has 0 bridgehead atoms. The van der Waals surface area contributed by atoms with E-state index < -0.39 is 28.9 Å². The molecule has 24 heavy (non-hydrogen) atoms. The second kappa shape index (κ2) is 6.23. The fourth-order valence-corrected chi connectivity index (χ4v) is 2.22. The van der Waals surface area contributed by atoms with Crippen LogP contribution in [0, 0.1) is 17.5 Å². The molecule has 0 unspecified atom stereocenters. The van der Waals surface area contributed by atoms with Crippen molar-refractivity contribution in [2.24, 2.45) is 0 Å². The van der Waals surface area contributed by atoms with Gasteiger partial charge in [-0.2, -0.15) is 0 Å². The Morgan fingerprint density at radius 2 is 1.96 bits per heavy atom. The smallest absolute Gasteiger partial charge is 0.262 e. The Balaban J connectivity index is 1.72. The van der Waals surface area contributed by atoms with Gasteiger partial charge in [0.1, 0.15) is 5.75 Å². The van der Waals surface area contributed by atoms with Gasteiger partial charge < -0.3 is 15.4 Å². The van der Waals surface area contributed by atoms with Crippen LogP contribution in [0.4, 0.5) is 18.9 Å². The van der Waals surface area contributed by atoms with Crippen LogP contribution in [0.3, 0.4) is 0 Å². The van der Waals surface area contributed by atoms with Gasteiger partial charge in [-0.3, -0.25) is 9.59 Å². The molecule has 0 saturated heterocycles. The van der Waals surface area contributed by atoms with Gasteiger partial charge in [0.25, 0.3) is 11.8 Å². The molecule has 1 aliphatic rings. The lowest BCUT2D eigenvalue weighted by Gasteiger charge is -2.18. The number of fused-ring (bicyclic) bond motifs is 1. The highest BCUT2D eigenvalue weighted by Crippen LogP contribution is 2.28. The lowest BCUT2D eigenvalue weighted by atomic mass is 10.1. The van der Waals surface area contributed by atoms with E-state index in [9.17, 15) is 22.8 Å². The summed E-state index contributed by atoms with van der Waals surface area (Å²) in [6.07, 6.45) is 0. The fourth-order valence-electron chi connectivity index (χ4n) is 2.22. The zero-order valence-electron chi connectivity index (χ0n) is 12.2.